The Kier molecular flexibility index (Phi) is 5.08. The summed E-state index contributed by atoms with van der Waals surface area (Å²) in [4.78, 5) is 36.3. The van der Waals surface area contributed by atoms with Gasteiger partial charge in [0.15, 0.2) is 6.61 Å². The summed E-state index contributed by atoms with van der Waals surface area (Å²) in [5.74, 6) is -2.40. The topological polar surface area (TPSA) is 89.7 Å². The molecule has 7 heteroatoms. The van der Waals surface area contributed by atoms with Crippen LogP contribution in [-0.2, 0) is 14.3 Å². The normalized spacial score (nSPS) is 17.9. The van der Waals surface area contributed by atoms with Crippen molar-refractivity contribution < 1.29 is 23.5 Å². The summed E-state index contributed by atoms with van der Waals surface area (Å²) in [6.07, 6.45) is 1.24. The van der Waals surface area contributed by atoms with Crippen LogP contribution in [0.5, 0.6) is 0 Å². The Labute approximate surface area is 127 Å². The lowest BCUT2D eigenvalue weighted by molar-refractivity contribution is -0.153. The highest BCUT2D eigenvalue weighted by molar-refractivity contribution is 5.94. The van der Waals surface area contributed by atoms with Gasteiger partial charge in [0.05, 0.1) is 5.92 Å². The van der Waals surface area contributed by atoms with Crippen LogP contribution in [-0.4, -0.2) is 42.4 Å². The summed E-state index contributed by atoms with van der Waals surface area (Å²) in [6.45, 7) is 0.283. The average molecular weight is 308 g/mol. The van der Waals surface area contributed by atoms with Crippen LogP contribution in [0, 0.1) is 11.7 Å². The third-order valence-corrected chi connectivity index (χ3v) is 3.49. The number of carbonyl (C=O) groups excluding carboxylic acids is 3. The number of nitrogens with zero attached hydrogens (tertiary/aromatic N) is 1. The van der Waals surface area contributed by atoms with Crippen LogP contribution in [0.4, 0.5) is 4.39 Å². The summed E-state index contributed by atoms with van der Waals surface area (Å²) in [7, 11) is 0. The third kappa shape index (κ3) is 4.03. The number of hydrogen-bond acceptors (Lipinski definition) is 4. The second-order valence-corrected chi connectivity index (χ2v) is 5.17. The number of piperidine rings is 1. The van der Waals surface area contributed by atoms with Gasteiger partial charge in [-0.2, -0.15) is 0 Å². The maximum Gasteiger partial charge on any atom is 0.311 e. The number of hydrogen-bond donors (Lipinski definition) is 1. The first-order chi connectivity index (χ1) is 10.5. The quantitative estimate of drug-likeness (QED) is 0.829. The number of primary amides is 1. The SMILES string of the molecule is NC(=O)COC(=O)C1CCCN(C(=O)c2ccc(F)cc2)C1. The molecule has 0 radical (unpaired) electrons. The standard InChI is InChI=1S/C15H17FN2O4/c16-12-5-3-10(4-6-12)14(20)18-7-1-2-11(8-18)15(21)22-9-13(17)19/h3-6,11H,1-2,7-9H2,(H2,17,19). The Bertz CT molecular complexity index is 573. The van der Waals surface area contributed by atoms with Gasteiger partial charge in [-0.05, 0) is 37.1 Å². The van der Waals surface area contributed by atoms with Crippen LogP contribution in [0.3, 0.4) is 0 Å². The molecule has 1 aliphatic rings. The first kappa shape index (κ1) is 15.9. The molecule has 0 bridgehead atoms. The molecule has 1 fully saturated rings. The van der Waals surface area contributed by atoms with E-state index < -0.39 is 30.2 Å². The Hall–Kier alpha value is -2.44. The zero-order chi connectivity index (χ0) is 16.1. The lowest BCUT2D eigenvalue weighted by Crippen LogP contribution is -2.43. The van der Waals surface area contributed by atoms with Gasteiger partial charge in [0.2, 0.25) is 0 Å². The molecule has 0 saturated carbocycles. The van der Waals surface area contributed by atoms with Crippen LogP contribution in [0.15, 0.2) is 24.3 Å². The van der Waals surface area contributed by atoms with Gasteiger partial charge in [0.1, 0.15) is 5.82 Å². The van der Waals surface area contributed by atoms with E-state index in [1.807, 2.05) is 0 Å². The zero-order valence-electron chi connectivity index (χ0n) is 12.0. The number of amides is 2. The summed E-state index contributed by atoms with van der Waals surface area (Å²) >= 11 is 0. The van der Waals surface area contributed by atoms with E-state index in [0.717, 1.165) is 0 Å². The van der Waals surface area contributed by atoms with Gasteiger partial charge in [0.25, 0.3) is 11.8 Å². The minimum absolute atomic E-state index is 0.216. The lowest BCUT2D eigenvalue weighted by Gasteiger charge is -2.31. The largest absolute Gasteiger partial charge is 0.455 e. The van der Waals surface area contributed by atoms with Crippen LogP contribution in [0.2, 0.25) is 0 Å². The van der Waals surface area contributed by atoms with E-state index in [1.54, 1.807) is 0 Å². The molecular weight excluding hydrogens is 291 g/mol. The summed E-state index contributed by atoms with van der Waals surface area (Å²) in [5.41, 5.74) is 5.29. The highest BCUT2D eigenvalue weighted by atomic mass is 19.1. The van der Waals surface area contributed by atoms with Gasteiger partial charge < -0.3 is 15.4 Å². The van der Waals surface area contributed by atoms with Crippen molar-refractivity contribution in [3.05, 3.63) is 35.6 Å². The minimum Gasteiger partial charge on any atom is -0.455 e. The summed E-state index contributed by atoms with van der Waals surface area (Å²) in [5, 5.41) is 0. The fraction of sp³-hybridized carbons (Fsp3) is 0.400. The van der Waals surface area contributed by atoms with Crippen molar-refractivity contribution in [1.29, 1.82) is 0 Å². The molecule has 118 valence electrons. The molecule has 1 heterocycles. The van der Waals surface area contributed by atoms with Gasteiger partial charge in [-0.25, -0.2) is 4.39 Å². The number of nitrogens with two attached hydrogens (primary N) is 1. The molecule has 1 atom stereocenters. The molecule has 2 N–H and O–H groups in total. The molecule has 6 nitrogen and oxygen atoms in total. The molecule has 0 spiro atoms. The Morgan fingerprint density at radius 2 is 1.95 bits per heavy atom. The van der Waals surface area contributed by atoms with E-state index in [9.17, 15) is 18.8 Å². The number of esters is 1. The number of halogens is 1. The third-order valence-electron chi connectivity index (χ3n) is 3.49. The van der Waals surface area contributed by atoms with E-state index in [1.165, 1.54) is 29.2 Å². The van der Waals surface area contributed by atoms with Crippen LogP contribution >= 0.6 is 0 Å². The van der Waals surface area contributed by atoms with E-state index >= 15 is 0 Å². The maximum atomic E-state index is 12.9. The minimum atomic E-state index is -0.719. The van der Waals surface area contributed by atoms with E-state index in [2.05, 4.69) is 0 Å². The highest BCUT2D eigenvalue weighted by Gasteiger charge is 2.30. The van der Waals surface area contributed by atoms with Gasteiger partial charge in [-0.3, -0.25) is 14.4 Å². The first-order valence-electron chi connectivity index (χ1n) is 6.97. The number of rotatable bonds is 4. The summed E-state index contributed by atoms with van der Waals surface area (Å²) < 4.78 is 17.7. The predicted octanol–water partition coefficient (Wildman–Crippen LogP) is 0.706. The average Bonchev–Trinajstić information content (AvgIpc) is 2.52. The fourth-order valence-electron chi connectivity index (χ4n) is 2.39. The van der Waals surface area contributed by atoms with E-state index in [0.29, 0.717) is 24.9 Å². The van der Waals surface area contributed by atoms with Crippen molar-refractivity contribution >= 4 is 17.8 Å². The van der Waals surface area contributed by atoms with Crippen LogP contribution in [0.25, 0.3) is 0 Å². The second-order valence-electron chi connectivity index (χ2n) is 5.17. The molecule has 2 rings (SSSR count). The molecule has 1 aliphatic heterocycles. The predicted molar refractivity (Wildman–Crippen MR) is 75.2 cm³/mol. The number of likely N-dealkylation sites (tertiary alicyclic amines) is 1. The van der Waals surface area contributed by atoms with Crippen molar-refractivity contribution in [2.45, 2.75) is 12.8 Å². The lowest BCUT2D eigenvalue weighted by atomic mass is 9.97. The van der Waals surface area contributed by atoms with Crippen molar-refractivity contribution in [2.24, 2.45) is 11.7 Å². The molecule has 0 aromatic heterocycles. The zero-order valence-corrected chi connectivity index (χ0v) is 12.0. The monoisotopic (exact) mass is 308 g/mol. The highest BCUT2D eigenvalue weighted by Crippen LogP contribution is 2.20. The van der Waals surface area contributed by atoms with Crippen molar-refractivity contribution in [2.75, 3.05) is 19.7 Å². The molecule has 1 unspecified atom stereocenters. The number of carbonyl (C=O) groups is 3. The second kappa shape index (κ2) is 7.02. The van der Waals surface area contributed by atoms with Crippen molar-refractivity contribution in [3.8, 4) is 0 Å². The molecule has 2 amide bonds. The molecular formula is C15H17FN2O4. The fourth-order valence-corrected chi connectivity index (χ4v) is 2.39. The van der Waals surface area contributed by atoms with Gasteiger partial charge >= 0.3 is 5.97 Å². The smallest absolute Gasteiger partial charge is 0.311 e. The number of benzene rings is 1. The maximum absolute atomic E-state index is 12.9. The Morgan fingerprint density at radius 1 is 1.27 bits per heavy atom. The Balaban J connectivity index is 1.97. The first-order valence-corrected chi connectivity index (χ1v) is 6.97. The van der Waals surface area contributed by atoms with Gasteiger partial charge in [-0.1, -0.05) is 0 Å². The van der Waals surface area contributed by atoms with Crippen molar-refractivity contribution in [1.82, 2.24) is 4.90 Å². The van der Waals surface area contributed by atoms with Gasteiger partial charge in [0, 0.05) is 18.7 Å². The van der Waals surface area contributed by atoms with Crippen LogP contribution < -0.4 is 5.73 Å². The molecule has 1 aromatic rings. The van der Waals surface area contributed by atoms with E-state index in [4.69, 9.17) is 10.5 Å². The molecule has 0 aliphatic carbocycles. The molecule has 1 saturated heterocycles. The number of ether oxygens (including phenoxy) is 1. The summed E-state index contributed by atoms with van der Waals surface area (Å²) in [6, 6.07) is 5.25. The molecule has 1 aromatic carbocycles. The van der Waals surface area contributed by atoms with Crippen LogP contribution in [0.1, 0.15) is 23.2 Å². The van der Waals surface area contributed by atoms with Gasteiger partial charge in [-0.15, -0.1) is 0 Å². The Morgan fingerprint density at radius 3 is 2.59 bits per heavy atom. The molecule has 22 heavy (non-hydrogen) atoms. The van der Waals surface area contributed by atoms with E-state index in [-0.39, 0.29) is 12.5 Å². The van der Waals surface area contributed by atoms with Crippen molar-refractivity contribution in [3.63, 3.8) is 0 Å².